The minimum absolute atomic E-state index is 0.0774. The first-order valence-electron chi connectivity index (χ1n) is 7.57. The Morgan fingerprint density at radius 2 is 1.77 bits per heavy atom. The van der Waals surface area contributed by atoms with Gasteiger partial charge in [-0.05, 0) is 49.2 Å². The summed E-state index contributed by atoms with van der Waals surface area (Å²) in [5, 5.41) is 22.2. The normalized spacial score (nSPS) is 10.6. The number of rotatable bonds is 8. The highest BCUT2D eigenvalue weighted by molar-refractivity contribution is 5.39. The minimum Gasteiger partial charge on any atom is -0.508 e. The van der Waals surface area contributed by atoms with Crippen LogP contribution in [0.1, 0.15) is 23.6 Å². The maximum absolute atomic E-state index is 9.86. The van der Waals surface area contributed by atoms with Crippen molar-refractivity contribution in [3.8, 4) is 11.5 Å². The van der Waals surface area contributed by atoms with Crippen molar-refractivity contribution in [2.24, 2.45) is 0 Å². The Morgan fingerprint density at radius 3 is 2.45 bits per heavy atom. The summed E-state index contributed by atoms with van der Waals surface area (Å²) in [5.74, 6) is 1.06. The zero-order chi connectivity index (χ0) is 15.8. The molecular weight excluding hydrogens is 278 g/mol. The average Bonchev–Trinajstić information content (AvgIpc) is 2.55. The third-order valence-electron chi connectivity index (χ3n) is 3.47. The van der Waals surface area contributed by atoms with E-state index < -0.39 is 0 Å². The Bertz CT molecular complexity index is 581. The smallest absolute Gasteiger partial charge is 0.120 e. The third kappa shape index (κ3) is 4.76. The lowest BCUT2D eigenvalue weighted by atomic mass is 10.1. The van der Waals surface area contributed by atoms with Crippen LogP contribution in [0.15, 0.2) is 42.5 Å². The second-order valence-electron chi connectivity index (χ2n) is 5.12. The summed E-state index contributed by atoms with van der Waals surface area (Å²) < 4.78 is 5.44. The van der Waals surface area contributed by atoms with Crippen LogP contribution in [-0.2, 0) is 19.6 Å². The standard InChI is InChI=1S/C18H23NO3/c1-2-22-17-7-8-18(21)16(11-17)12-19-10-9-14-3-5-15(13-20)6-4-14/h3-8,11,19-21H,2,9-10,12-13H2,1H3. The van der Waals surface area contributed by atoms with Crippen LogP contribution in [0.5, 0.6) is 11.5 Å². The highest BCUT2D eigenvalue weighted by Crippen LogP contribution is 2.22. The van der Waals surface area contributed by atoms with E-state index in [2.05, 4.69) is 5.32 Å². The van der Waals surface area contributed by atoms with Crippen LogP contribution in [0.2, 0.25) is 0 Å². The van der Waals surface area contributed by atoms with Gasteiger partial charge in [-0.1, -0.05) is 24.3 Å². The van der Waals surface area contributed by atoms with E-state index in [9.17, 15) is 5.11 Å². The number of ether oxygens (including phenoxy) is 1. The number of phenols is 1. The molecule has 0 aromatic heterocycles. The average molecular weight is 301 g/mol. The van der Waals surface area contributed by atoms with Gasteiger partial charge < -0.3 is 20.3 Å². The molecule has 0 radical (unpaired) electrons. The van der Waals surface area contributed by atoms with E-state index in [0.29, 0.717) is 13.2 Å². The van der Waals surface area contributed by atoms with Crippen molar-refractivity contribution in [1.29, 1.82) is 0 Å². The summed E-state index contributed by atoms with van der Waals surface area (Å²) in [6, 6.07) is 13.2. The maximum atomic E-state index is 9.86. The van der Waals surface area contributed by atoms with E-state index in [0.717, 1.165) is 29.8 Å². The number of nitrogens with one attached hydrogen (secondary N) is 1. The molecule has 2 aromatic rings. The number of benzene rings is 2. The zero-order valence-electron chi connectivity index (χ0n) is 12.9. The number of aliphatic hydroxyl groups excluding tert-OH is 1. The Hall–Kier alpha value is -2.04. The van der Waals surface area contributed by atoms with Crippen molar-refractivity contribution in [3.63, 3.8) is 0 Å². The maximum Gasteiger partial charge on any atom is 0.120 e. The van der Waals surface area contributed by atoms with Crippen molar-refractivity contribution in [2.75, 3.05) is 13.2 Å². The number of aliphatic hydroxyl groups is 1. The molecule has 22 heavy (non-hydrogen) atoms. The van der Waals surface area contributed by atoms with Crippen molar-refractivity contribution in [3.05, 3.63) is 59.2 Å². The fraction of sp³-hybridized carbons (Fsp3) is 0.333. The molecule has 4 heteroatoms. The Morgan fingerprint density at radius 1 is 1.05 bits per heavy atom. The van der Waals surface area contributed by atoms with Crippen LogP contribution in [0.4, 0.5) is 0 Å². The van der Waals surface area contributed by atoms with E-state index in [1.54, 1.807) is 12.1 Å². The summed E-state index contributed by atoms with van der Waals surface area (Å²) in [6.45, 7) is 4.04. The first-order valence-corrected chi connectivity index (χ1v) is 7.57. The topological polar surface area (TPSA) is 61.7 Å². The van der Waals surface area contributed by atoms with Crippen LogP contribution < -0.4 is 10.1 Å². The summed E-state index contributed by atoms with van der Waals surface area (Å²) in [4.78, 5) is 0. The van der Waals surface area contributed by atoms with Gasteiger partial charge in [0.2, 0.25) is 0 Å². The Kier molecular flexibility index (Phi) is 6.25. The zero-order valence-corrected chi connectivity index (χ0v) is 12.9. The van der Waals surface area contributed by atoms with Crippen LogP contribution in [0.3, 0.4) is 0 Å². The fourth-order valence-corrected chi connectivity index (χ4v) is 2.23. The lowest BCUT2D eigenvalue weighted by molar-refractivity contribution is 0.282. The molecule has 2 rings (SSSR count). The Labute approximate surface area is 131 Å². The van der Waals surface area contributed by atoms with Crippen LogP contribution in [0.25, 0.3) is 0 Å². The number of phenolic OH excluding ortho intramolecular Hbond substituents is 1. The second kappa shape index (κ2) is 8.41. The van der Waals surface area contributed by atoms with Gasteiger partial charge in [0.1, 0.15) is 11.5 Å². The van der Waals surface area contributed by atoms with Gasteiger partial charge in [0.15, 0.2) is 0 Å². The molecule has 118 valence electrons. The van der Waals surface area contributed by atoms with Crippen LogP contribution in [-0.4, -0.2) is 23.4 Å². The quantitative estimate of drug-likeness (QED) is 0.656. The van der Waals surface area contributed by atoms with E-state index in [1.807, 2.05) is 37.3 Å². The fourth-order valence-electron chi connectivity index (χ4n) is 2.23. The van der Waals surface area contributed by atoms with Gasteiger partial charge in [-0.15, -0.1) is 0 Å². The van der Waals surface area contributed by atoms with Crippen LogP contribution in [0, 0.1) is 0 Å². The highest BCUT2D eigenvalue weighted by atomic mass is 16.5. The number of hydrogen-bond donors (Lipinski definition) is 3. The lowest BCUT2D eigenvalue weighted by Gasteiger charge is -2.10. The Balaban J connectivity index is 1.81. The highest BCUT2D eigenvalue weighted by Gasteiger charge is 2.03. The summed E-state index contributed by atoms with van der Waals surface area (Å²) >= 11 is 0. The largest absolute Gasteiger partial charge is 0.508 e. The van der Waals surface area contributed by atoms with Crippen LogP contribution >= 0.6 is 0 Å². The lowest BCUT2D eigenvalue weighted by Crippen LogP contribution is -2.16. The molecule has 0 fully saturated rings. The molecular formula is C18H23NO3. The molecule has 0 amide bonds. The number of aromatic hydroxyl groups is 1. The SMILES string of the molecule is CCOc1ccc(O)c(CNCCc2ccc(CO)cc2)c1. The van der Waals surface area contributed by atoms with Crippen molar-refractivity contribution in [2.45, 2.75) is 26.5 Å². The molecule has 0 bridgehead atoms. The molecule has 0 saturated heterocycles. The van der Waals surface area contributed by atoms with Gasteiger partial charge in [-0.25, -0.2) is 0 Å². The van der Waals surface area contributed by atoms with Gasteiger partial charge >= 0.3 is 0 Å². The van der Waals surface area contributed by atoms with Crippen molar-refractivity contribution >= 4 is 0 Å². The molecule has 0 saturated carbocycles. The molecule has 0 atom stereocenters. The number of hydrogen-bond acceptors (Lipinski definition) is 4. The molecule has 0 heterocycles. The molecule has 0 aliphatic heterocycles. The first-order chi connectivity index (χ1) is 10.7. The van der Waals surface area contributed by atoms with E-state index in [4.69, 9.17) is 9.84 Å². The summed E-state index contributed by atoms with van der Waals surface area (Å²) in [5.41, 5.74) is 2.98. The molecule has 0 aliphatic carbocycles. The molecule has 0 spiro atoms. The van der Waals surface area contributed by atoms with Crippen molar-refractivity contribution in [1.82, 2.24) is 5.32 Å². The predicted octanol–water partition coefficient (Wildman–Crippen LogP) is 2.62. The van der Waals surface area contributed by atoms with E-state index in [1.165, 1.54) is 5.56 Å². The first kappa shape index (κ1) is 16.3. The van der Waals surface area contributed by atoms with Gasteiger partial charge in [0.25, 0.3) is 0 Å². The van der Waals surface area contributed by atoms with Gasteiger partial charge in [-0.2, -0.15) is 0 Å². The molecule has 2 aromatic carbocycles. The molecule has 0 unspecified atom stereocenters. The molecule has 3 N–H and O–H groups in total. The third-order valence-corrected chi connectivity index (χ3v) is 3.47. The monoisotopic (exact) mass is 301 g/mol. The summed E-state index contributed by atoms with van der Waals surface area (Å²) in [6.07, 6.45) is 0.900. The predicted molar refractivity (Wildman–Crippen MR) is 87.1 cm³/mol. The molecule has 4 nitrogen and oxygen atoms in total. The minimum atomic E-state index is 0.0774. The van der Waals surface area contributed by atoms with Gasteiger partial charge in [-0.3, -0.25) is 0 Å². The van der Waals surface area contributed by atoms with Crippen molar-refractivity contribution < 1.29 is 14.9 Å². The summed E-state index contributed by atoms with van der Waals surface area (Å²) in [7, 11) is 0. The van der Waals surface area contributed by atoms with Gasteiger partial charge in [0, 0.05) is 12.1 Å². The second-order valence-corrected chi connectivity index (χ2v) is 5.12. The molecule has 0 aliphatic rings. The van der Waals surface area contributed by atoms with Gasteiger partial charge in [0.05, 0.1) is 13.2 Å². The van der Waals surface area contributed by atoms with E-state index in [-0.39, 0.29) is 12.4 Å². The van der Waals surface area contributed by atoms with E-state index >= 15 is 0 Å².